The summed E-state index contributed by atoms with van der Waals surface area (Å²) in [6, 6.07) is 3.55. The molecule has 1 aliphatic rings. The van der Waals surface area contributed by atoms with Crippen LogP contribution in [0, 0.1) is 12.8 Å². The van der Waals surface area contributed by atoms with E-state index in [2.05, 4.69) is 15.3 Å². The first kappa shape index (κ1) is 15.5. The van der Waals surface area contributed by atoms with Gasteiger partial charge in [0, 0.05) is 12.7 Å². The lowest BCUT2D eigenvalue weighted by atomic mass is 10.1. The molecule has 1 fully saturated rings. The summed E-state index contributed by atoms with van der Waals surface area (Å²) in [4.78, 5) is 20.8. The SMILES string of the molecule is COc1nc(C(=O)NCC2CCCC2)ccc1-n1cnc(C)c1. The number of hydrogen-bond donors (Lipinski definition) is 1. The lowest BCUT2D eigenvalue weighted by Crippen LogP contribution is -2.29. The van der Waals surface area contributed by atoms with Gasteiger partial charge in [0.2, 0.25) is 5.88 Å². The van der Waals surface area contributed by atoms with Crippen molar-refractivity contribution in [1.82, 2.24) is 19.9 Å². The zero-order valence-corrected chi connectivity index (χ0v) is 13.6. The Morgan fingerprint density at radius 1 is 1.39 bits per heavy atom. The number of rotatable bonds is 5. The second kappa shape index (κ2) is 6.81. The monoisotopic (exact) mass is 314 g/mol. The van der Waals surface area contributed by atoms with E-state index in [4.69, 9.17) is 4.74 Å². The number of nitrogens with one attached hydrogen (secondary N) is 1. The molecule has 6 nitrogen and oxygen atoms in total. The number of aromatic nitrogens is 3. The van der Waals surface area contributed by atoms with Gasteiger partial charge in [-0.1, -0.05) is 12.8 Å². The fourth-order valence-electron chi connectivity index (χ4n) is 3.00. The Bertz CT molecular complexity index is 690. The second-order valence-corrected chi connectivity index (χ2v) is 6.01. The van der Waals surface area contributed by atoms with E-state index in [9.17, 15) is 4.79 Å². The Labute approximate surface area is 135 Å². The molecule has 0 saturated heterocycles. The highest BCUT2D eigenvalue weighted by atomic mass is 16.5. The van der Waals surface area contributed by atoms with Gasteiger partial charge in [-0.15, -0.1) is 0 Å². The number of ether oxygens (including phenoxy) is 1. The lowest BCUT2D eigenvalue weighted by Gasteiger charge is -2.12. The maximum atomic E-state index is 12.3. The van der Waals surface area contributed by atoms with Crippen molar-refractivity contribution in [3.05, 3.63) is 36.0 Å². The molecule has 0 aromatic carbocycles. The predicted molar refractivity (Wildman–Crippen MR) is 86.9 cm³/mol. The van der Waals surface area contributed by atoms with Crippen molar-refractivity contribution in [2.45, 2.75) is 32.6 Å². The van der Waals surface area contributed by atoms with Crippen LogP contribution in [0.3, 0.4) is 0 Å². The van der Waals surface area contributed by atoms with Crippen molar-refractivity contribution in [1.29, 1.82) is 0 Å². The number of hydrogen-bond acceptors (Lipinski definition) is 4. The number of amides is 1. The fourth-order valence-corrected chi connectivity index (χ4v) is 3.00. The molecule has 0 spiro atoms. The van der Waals surface area contributed by atoms with E-state index < -0.39 is 0 Å². The fraction of sp³-hybridized carbons (Fsp3) is 0.471. The molecule has 1 amide bonds. The van der Waals surface area contributed by atoms with Crippen LogP contribution in [-0.4, -0.2) is 34.1 Å². The molecular formula is C17H22N4O2. The van der Waals surface area contributed by atoms with E-state index in [0.717, 1.165) is 17.9 Å². The van der Waals surface area contributed by atoms with Crippen LogP contribution in [0.5, 0.6) is 5.88 Å². The molecule has 2 aromatic rings. The standard InChI is InChI=1S/C17H22N4O2/c1-12-10-21(11-19-12)15-8-7-14(20-17(15)23-2)16(22)18-9-13-5-3-4-6-13/h7-8,10-11,13H,3-6,9H2,1-2H3,(H,18,22). The van der Waals surface area contributed by atoms with E-state index in [-0.39, 0.29) is 5.91 Å². The Kier molecular flexibility index (Phi) is 4.60. The molecule has 0 radical (unpaired) electrons. The van der Waals surface area contributed by atoms with Gasteiger partial charge in [-0.2, -0.15) is 0 Å². The van der Waals surface area contributed by atoms with Gasteiger partial charge in [-0.05, 0) is 37.8 Å². The first-order chi connectivity index (χ1) is 11.2. The minimum absolute atomic E-state index is 0.149. The topological polar surface area (TPSA) is 69.0 Å². The third-order valence-electron chi connectivity index (χ3n) is 4.28. The second-order valence-electron chi connectivity index (χ2n) is 6.01. The molecule has 0 unspecified atom stereocenters. The number of imidazole rings is 1. The predicted octanol–water partition coefficient (Wildman–Crippen LogP) is 2.50. The van der Waals surface area contributed by atoms with Crippen LogP contribution in [0.25, 0.3) is 5.69 Å². The average molecular weight is 314 g/mol. The third-order valence-corrected chi connectivity index (χ3v) is 4.28. The van der Waals surface area contributed by atoms with E-state index >= 15 is 0 Å². The number of aryl methyl sites for hydroxylation is 1. The summed E-state index contributed by atoms with van der Waals surface area (Å²) in [5.41, 5.74) is 2.05. The van der Waals surface area contributed by atoms with Gasteiger partial charge in [0.05, 0.1) is 19.1 Å². The highest BCUT2D eigenvalue weighted by Crippen LogP contribution is 2.24. The highest BCUT2D eigenvalue weighted by Gasteiger charge is 2.18. The summed E-state index contributed by atoms with van der Waals surface area (Å²) >= 11 is 0. The smallest absolute Gasteiger partial charge is 0.270 e. The Morgan fingerprint density at radius 3 is 2.83 bits per heavy atom. The van der Waals surface area contributed by atoms with E-state index in [1.54, 1.807) is 19.5 Å². The molecule has 2 heterocycles. The molecule has 0 bridgehead atoms. The van der Waals surface area contributed by atoms with Crippen molar-refractivity contribution in [2.24, 2.45) is 5.92 Å². The van der Waals surface area contributed by atoms with Gasteiger partial charge in [-0.3, -0.25) is 4.79 Å². The average Bonchev–Trinajstić information content (AvgIpc) is 3.23. The van der Waals surface area contributed by atoms with Gasteiger partial charge in [-0.25, -0.2) is 9.97 Å². The minimum atomic E-state index is -0.149. The first-order valence-corrected chi connectivity index (χ1v) is 8.01. The van der Waals surface area contributed by atoms with Gasteiger partial charge >= 0.3 is 0 Å². The number of methoxy groups -OCH3 is 1. The summed E-state index contributed by atoms with van der Waals surface area (Å²) in [7, 11) is 1.55. The van der Waals surface area contributed by atoms with Crippen LogP contribution in [-0.2, 0) is 0 Å². The summed E-state index contributed by atoms with van der Waals surface area (Å²) in [5, 5.41) is 2.98. The lowest BCUT2D eigenvalue weighted by molar-refractivity contribution is 0.0941. The van der Waals surface area contributed by atoms with Crippen LogP contribution in [0.4, 0.5) is 0 Å². The minimum Gasteiger partial charge on any atom is -0.479 e. The first-order valence-electron chi connectivity index (χ1n) is 8.01. The molecule has 3 rings (SSSR count). The molecule has 1 aliphatic carbocycles. The maximum absolute atomic E-state index is 12.3. The van der Waals surface area contributed by atoms with Crippen molar-refractivity contribution in [3.63, 3.8) is 0 Å². The zero-order valence-electron chi connectivity index (χ0n) is 13.6. The van der Waals surface area contributed by atoms with Gasteiger partial charge in [0.25, 0.3) is 5.91 Å². The Hall–Kier alpha value is -2.37. The van der Waals surface area contributed by atoms with Gasteiger partial charge < -0.3 is 14.6 Å². The third kappa shape index (κ3) is 3.52. The Balaban J connectivity index is 1.74. The molecule has 23 heavy (non-hydrogen) atoms. The van der Waals surface area contributed by atoms with Gasteiger partial charge in [0.1, 0.15) is 11.4 Å². The van der Waals surface area contributed by atoms with Crippen molar-refractivity contribution < 1.29 is 9.53 Å². The molecule has 0 aliphatic heterocycles. The van der Waals surface area contributed by atoms with Crippen LogP contribution >= 0.6 is 0 Å². The molecular weight excluding hydrogens is 292 g/mol. The highest BCUT2D eigenvalue weighted by molar-refractivity contribution is 5.92. The van der Waals surface area contributed by atoms with Crippen molar-refractivity contribution >= 4 is 5.91 Å². The summed E-state index contributed by atoms with van der Waals surface area (Å²) in [6.45, 7) is 2.65. The van der Waals surface area contributed by atoms with E-state index in [0.29, 0.717) is 17.5 Å². The molecule has 122 valence electrons. The number of pyridine rings is 1. The van der Waals surface area contributed by atoms with Crippen molar-refractivity contribution in [2.75, 3.05) is 13.7 Å². The molecule has 0 atom stereocenters. The summed E-state index contributed by atoms with van der Waals surface area (Å²) < 4.78 is 7.17. The molecule has 1 saturated carbocycles. The molecule has 6 heteroatoms. The van der Waals surface area contributed by atoms with Gasteiger partial charge in [0.15, 0.2) is 0 Å². The van der Waals surface area contributed by atoms with E-state index in [1.807, 2.05) is 23.8 Å². The Morgan fingerprint density at radius 2 is 2.17 bits per heavy atom. The molecule has 1 N–H and O–H groups in total. The number of carbonyl (C=O) groups is 1. The largest absolute Gasteiger partial charge is 0.479 e. The normalized spacial score (nSPS) is 14.9. The van der Waals surface area contributed by atoms with E-state index in [1.165, 1.54) is 25.7 Å². The van der Waals surface area contributed by atoms with Crippen molar-refractivity contribution in [3.8, 4) is 11.6 Å². The van der Waals surface area contributed by atoms with Crippen LogP contribution in [0.15, 0.2) is 24.7 Å². The quantitative estimate of drug-likeness (QED) is 0.920. The zero-order chi connectivity index (χ0) is 16.2. The summed E-state index contributed by atoms with van der Waals surface area (Å²) in [5.74, 6) is 0.869. The number of carbonyl (C=O) groups excluding carboxylic acids is 1. The maximum Gasteiger partial charge on any atom is 0.270 e. The van der Waals surface area contributed by atoms with Crippen LogP contribution < -0.4 is 10.1 Å². The summed E-state index contributed by atoms with van der Waals surface area (Å²) in [6.07, 6.45) is 8.54. The molecule has 2 aromatic heterocycles. The van der Waals surface area contributed by atoms with Crippen LogP contribution in [0.1, 0.15) is 41.9 Å². The van der Waals surface area contributed by atoms with Crippen LogP contribution in [0.2, 0.25) is 0 Å². The number of nitrogens with zero attached hydrogens (tertiary/aromatic N) is 3.